The van der Waals surface area contributed by atoms with E-state index in [1.807, 2.05) is 19.0 Å². The molecule has 1 aromatic rings. The van der Waals surface area contributed by atoms with Gasteiger partial charge in [0.2, 0.25) is 5.95 Å². The van der Waals surface area contributed by atoms with Crippen LogP contribution in [-0.4, -0.2) is 49.1 Å². The van der Waals surface area contributed by atoms with E-state index in [4.69, 9.17) is 0 Å². The van der Waals surface area contributed by atoms with Crippen LogP contribution in [0.2, 0.25) is 0 Å². The van der Waals surface area contributed by atoms with E-state index in [-0.39, 0.29) is 11.8 Å². The van der Waals surface area contributed by atoms with Gasteiger partial charge in [-0.15, -0.1) is 0 Å². The molecular formula is C10H16F3N5. The first-order valence-electron chi connectivity index (χ1n) is 5.35. The van der Waals surface area contributed by atoms with Crippen molar-refractivity contribution >= 4 is 11.8 Å². The monoisotopic (exact) mass is 263 g/mol. The normalized spacial score (nSPS) is 11.7. The van der Waals surface area contributed by atoms with Crippen molar-refractivity contribution in [2.75, 3.05) is 44.9 Å². The predicted octanol–water partition coefficient (Wildman–Crippen LogP) is 1.51. The van der Waals surface area contributed by atoms with Gasteiger partial charge in [-0.05, 0) is 14.1 Å². The number of likely N-dealkylation sites (N-methyl/N-ethyl adjacent to an activating group) is 1. The molecule has 0 amide bonds. The van der Waals surface area contributed by atoms with E-state index < -0.39 is 11.9 Å². The Labute approximate surface area is 103 Å². The van der Waals surface area contributed by atoms with Gasteiger partial charge in [0.15, 0.2) is 5.69 Å². The van der Waals surface area contributed by atoms with Gasteiger partial charge in [0, 0.05) is 26.2 Å². The predicted molar refractivity (Wildman–Crippen MR) is 63.6 cm³/mol. The molecule has 1 rings (SSSR count). The maximum Gasteiger partial charge on any atom is 0.433 e. The van der Waals surface area contributed by atoms with Crippen LogP contribution in [0.3, 0.4) is 0 Å². The first-order valence-corrected chi connectivity index (χ1v) is 5.35. The van der Waals surface area contributed by atoms with Gasteiger partial charge < -0.3 is 15.5 Å². The summed E-state index contributed by atoms with van der Waals surface area (Å²) in [6.45, 7) is 1.14. The topological polar surface area (TPSA) is 53.1 Å². The van der Waals surface area contributed by atoms with Crippen LogP contribution >= 0.6 is 0 Å². The van der Waals surface area contributed by atoms with Crippen LogP contribution in [0.15, 0.2) is 6.07 Å². The Balaban J connectivity index is 2.84. The molecule has 0 aromatic carbocycles. The lowest BCUT2D eigenvalue weighted by Gasteiger charge is -2.13. The lowest BCUT2D eigenvalue weighted by molar-refractivity contribution is -0.141. The zero-order valence-corrected chi connectivity index (χ0v) is 10.5. The molecular weight excluding hydrogens is 247 g/mol. The quantitative estimate of drug-likeness (QED) is 0.843. The molecule has 0 spiro atoms. The van der Waals surface area contributed by atoms with Crippen molar-refractivity contribution in [3.05, 3.63) is 11.8 Å². The van der Waals surface area contributed by atoms with Gasteiger partial charge >= 0.3 is 6.18 Å². The Hall–Kier alpha value is -1.57. The first-order chi connectivity index (χ1) is 8.32. The standard InChI is InChI=1S/C10H16F3N5/c1-14-8-6-7(10(11,12)13)16-9(17-8)15-4-5-18(2)3/h6H,4-5H2,1-3H3,(H2,14,15,16,17). The number of hydrogen-bond donors (Lipinski definition) is 2. The minimum atomic E-state index is -4.48. The van der Waals surface area contributed by atoms with E-state index in [0.717, 1.165) is 6.07 Å². The van der Waals surface area contributed by atoms with Crippen LogP contribution in [0, 0.1) is 0 Å². The average Bonchev–Trinajstić information content (AvgIpc) is 2.27. The van der Waals surface area contributed by atoms with Gasteiger partial charge in [-0.1, -0.05) is 0 Å². The molecule has 5 nitrogen and oxygen atoms in total. The minimum absolute atomic E-state index is 0.0315. The van der Waals surface area contributed by atoms with Crippen molar-refractivity contribution < 1.29 is 13.2 Å². The molecule has 0 aliphatic carbocycles. The Morgan fingerprint density at radius 2 is 1.94 bits per heavy atom. The maximum atomic E-state index is 12.6. The fourth-order valence-electron chi connectivity index (χ4n) is 1.19. The zero-order valence-electron chi connectivity index (χ0n) is 10.5. The van der Waals surface area contributed by atoms with Crippen molar-refractivity contribution in [1.29, 1.82) is 0 Å². The summed E-state index contributed by atoms with van der Waals surface area (Å²) in [5, 5.41) is 5.34. The molecule has 1 heterocycles. The molecule has 102 valence electrons. The van der Waals surface area contributed by atoms with Crippen molar-refractivity contribution in [2.24, 2.45) is 0 Å². The van der Waals surface area contributed by atoms with Crippen molar-refractivity contribution in [2.45, 2.75) is 6.18 Å². The first kappa shape index (κ1) is 14.5. The molecule has 0 radical (unpaired) electrons. The molecule has 0 atom stereocenters. The summed E-state index contributed by atoms with van der Waals surface area (Å²) in [5.41, 5.74) is -0.964. The highest BCUT2D eigenvalue weighted by Crippen LogP contribution is 2.29. The third-order valence-electron chi connectivity index (χ3n) is 2.11. The Morgan fingerprint density at radius 3 is 2.44 bits per heavy atom. The molecule has 18 heavy (non-hydrogen) atoms. The van der Waals surface area contributed by atoms with Crippen LogP contribution < -0.4 is 10.6 Å². The summed E-state index contributed by atoms with van der Waals surface area (Å²) in [6, 6.07) is 0.872. The second kappa shape index (κ2) is 5.85. The van der Waals surface area contributed by atoms with E-state index in [1.54, 1.807) is 0 Å². The van der Waals surface area contributed by atoms with E-state index in [1.165, 1.54) is 7.05 Å². The number of nitrogens with zero attached hydrogens (tertiary/aromatic N) is 3. The smallest absolute Gasteiger partial charge is 0.373 e. The molecule has 0 unspecified atom stereocenters. The van der Waals surface area contributed by atoms with Gasteiger partial charge in [-0.3, -0.25) is 0 Å². The number of halogens is 3. The summed E-state index contributed by atoms with van der Waals surface area (Å²) in [4.78, 5) is 9.26. The number of nitrogens with one attached hydrogen (secondary N) is 2. The van der Waals surface area contributed by atoms with Gasteiger partial charge in [-0.25, -0.2) is 4.98 Å². The van der Waals surface area contributed by atoms with Crippen LogP contribution in [0.1, 0.15) is 5.69 Å². The zero-order chi connectivity index (χ0) is 13.8. The second-order valence-electron chi connectivity index (χ2n) is 3.94. The third-order valence-corrected chi connectivity index (χ3v) is 2.11. The fraction of sp³-hybridized carbons (Fsp3) is 0.600. The largest absolute Gasteiger partial charge is 0.433 e. The highest BCUT2D eigenvalue weighted by molar-refractivity contribution is 5.42. The van der Waals surface area contributed by atoms with Crippen LogP contribution in [0.25, 0.3) is 0 Å². The van der Waals surface area contributed by atoms with E-state index in [0.29, 0.717) is 13.1 Å². The molecule has 0 saturated heterocycles. The number of rotatable bonds is 5. The number of hydrogen-bond acceptors (Lipinski definition) is 5. The lowest BCUT2D eigenvalue weighted by Crippen LogP contribution is -2.22. The Morgan fingerprint density at radius 1 is 1.28 bits per heavy atom. The summed E-state index contributed by atoms with van der Waals surface area (Å²) in [5.74, 6) is 0.0979. The summed E-state index contributed by atoms with van der Waals surface area (Å²) < 4.78 is 37.7. The number of anilines is 2. The van der Waals surface area contributed by atoms with Crippen LogP contribution in [0.4, 0.5) is 24.9 Å². The minimum Gasteiger partial charge on any atom is -0.373 e. The molecule has 1 aromatic heterocycles. The number of alkyl halides is 3. The SMILES string of the molecule is CNc1cc(C(F)(F)F)nc(NCCN(C)C)n1. The Bertz CT molecular complexity index is 392. The molecule has 2 N–H and O–H groups in total. The molecule has 0 aliphatic rings. The van der Waals surface area contributed by atoms with Gasteiger partial charge in [-0.2, -0.15) is 18.2 Å². The number of aromatic nitrogens is 2. The van der Waals surface area contributed by atoms with Crippen molar-refractivity contribution in [1.82, 2.24) is 14.9 Å². The molecule has 0 saturated carbocycles. The van der Waals surface area contributed by atoms with Gasteiger partial charge in [0.25, 0.3) is 0 Å². The van der Waals surface area contributed by atoms with E-state index in [2.05, 4.69) is 20.6 Å². The second-order valence-corrected chi connectivity index (χ2v) is 3.94. The van der Waals surface area contributed by atoms with Crippen LogP contribution in [0.5, 0.6) is 0 Å². The molecule has 0 fully saturated rings. The summed E-state index contributed by atoms with van der Waals surface area (Å²) in [7, 11) is 5.24. The van der Waals surface area contributed by atoms with Crippen molar-refractivity contribution in [3.63, 3.8) is 0 Å². The summed E-state index contributed by atoms with van der Waals surface area (Å²) in [6.07, 6.45) is -4.48. The van der Waals surface area contributed by atoms with Crippen LogP contribution in [-0.2, 0) is 6.18 Å². The maximum absolute atomic E-state index is 12.6. The summed E-state index contributed by atoms with van der Waals surface area (Å²) >= 11 is 0. The van der Waals surface area contributed by atoms with E-state index in [9.17, 15) is 13.2 Å². The molecule has 0 bridgehead atoms. The van der Waals surface area contributed by atoms with Crippen molar-refractivity contribution in [3.8, 4) is 0 Å². The molecule has 0 aliphatic heterocycles. The average molecular weight is 263 g/mol. The fourth-order valence-corrected chi connectivity index (χ4v) is 1.19. The third kappa shape index (κ3) is 4.36. The highest BCUT2D eigenvalue weighted by atomic mass is 19.4. The van der Waals surface area contributed by atoms with Gasteiger partial charge in [0.1, 0.15) is 5.82 Å². The lowest BCUT2D eigenvalue weighted by atomic mass is 10.4. The highest BCUT2D eigenvalue weighted by Gasteiger charge is 2.33. The Kier molecular flexibility index (Phi) is 4.71. The molecule has 8 heteroatoms. The van der Waals surface area contributed by atoms with Gasteiger partial charge in [0.05, 0.1) is 0 Å². The van der Waals surface area contributed by atoms with E-state index >= 15 is 0 Å².